The number of rotatable bonds is 2. The van der Waals surface area contributed by atoms with Crippen LogP contribution in [0.3, 0.4) is 0 Å². The molecule has 0 spiro atoms. The summed E-state index contributed by atoms with van der Waals surface area (Å²) in [6.07, 6.45) is 0. The lowest BCUT2D eigenvalue weighted by atomic mass is 10.1. The number of nitro groups is 1. The summed E-state index contributed by atoms with van der Waals surface area (Å²) in [6, 6.07) is 4.89. The first-order valence-electron chi connectivity index (χ1n) is 4.03. The van der Waals surface area contributed by atoms with E-state index in [1.165, 1.54) is 6.07 Å². The van der Waals surface area contributed by atoms with Crippen LogP contribution in [0.25, 0.3) is 0 Å². The van der Waals surface area contributed by atoms with E-state index >= 15 is 0 Å². The lowest BCUT2D eigenvalue weighted by Crippen LogP contribution is -2.05. The van der Waals surface area contributed by atoms with Crippen molar-refractivity contribution < 1.29 is 4.92 Å². The molecular weight excluding hydrogens is 204 g/mol. The zero-order valence-electron chi connectivity index (χ0n) is 8.06. The van der Waals surface area contributed by atoms with Crippen LogP contribution in [0.2, 0.25) is 0 Å². The Kier molecular flexibility index (Phi) is 4.53. The number of halogens is 1. The standard InChI is InChI=1S/C9H12N2O2.ClH/c1-6-3-4-8(7(2)10)5-9(6)11(12)13;/h3-5,7H,10H2,1-2H3;1H. The maximum absolute atomic E-state index is 10.6. The van der Waals surface area contributed by atoms with E-state index in [0.717, 1.165) is 5.56 Å². The van der Waals surface area contributed by atoms with Gasteiger partial charge in [-0.1, -0.05) is 12.1 Å². The molecule has 0 fully saturated rings. The van der Waals surface area contributed by atoms with Crippen LogP contribution in [0.5, 0.6) is 0 Å². The molecule has 0 saturated heterocycles. The molecule has 0 aliphatic carbocycles. The lowest BCUT2D eigenvalue weighted by molar-refractivity contribution is -0.385. The van der Waals surface area contributed by atoms with Crippen molar-refractivity contribution in [2.45, 2.75) is 19.9 Å². The van der Waals surface area contributed by atoms with Gasteiger partial charge in [-0.2, -0.15) is 0 Å². The number of aryl methyl sites for hydroxylation is 1. The summed E-state index contributed by atoms with van der Waals surface area (Å²) < 4.78 is 0. The molecule has 0 aromatic heterocycles. The molecule has 1 unspecified atom stereocenters. The zero-order chi connectivity index (χ0) is 10.0. The average molecular weight is 217 g/mol. The predicted octanol–water partition coefficient (Wildman–Crippen LogP) is 2.34. The molecule has 0 heterocycles. The Morgan fingerprint density at radius 2 is 2.07 bits per heavy atom. The smallest absolute Gasteiger partial charge is 0.272 e. The highest BCUT2D eigenvalue weighted by molar-refractivity contribution is 5.85. The minimum absolute atomic E-state index is 0. The molecule has 14 heavy (non-hydrogen) atoms. The highest BCUT2D eigenvalue weighted by atomic mass is 35.5. The van der Waals surface area contributed by atoms with Gasteiger partial charge < -0.3 is 5.73 Å². The molecule has 2 N–H and O–H groups in total. The van der Waals surface area contributed by atoms with Crippen LogP contribution in [0, 0.1) is 17.0 Å². The fourth-order valence-electron chi connectivity index (χ4n) is 1.11. The molecule has 0 radical (unpaired) electrons. The fourth-order valence-corrected chi connectivity index (χ4v) is 1.11. The van der Waals surface area contributed by atoms with E-state index in [0.29, 0.717) is 5.56 Å². The number of nitro benzene ring substituents is 1. The van der Waals surface area contributed by atoms with Gasteiger partial charge >= 0.3 is 0 Å². The van der Waals surface area contributed by atoms with Gasteiger partial charge in [-0.3, -0.25) is 10.1 Å². The maximum atomic E-state index is 10.6. The minimum Gasteiger partial charge on any atom is -0.324 e. The van der Waals surface area contributed by atoms with Crippen LogP contribution in [0.4, 0.5) is 5.69 Å². The van der Waals surface area contributed by atoms with E-state index in [1.807, 2.05) is 6.07 Å². The second-order valence-electron chi connectivity index (χ2n) is 3.09. The van der Waals surface area contributed by atoms with E-state index < -0.39 is 0 Å². The summed E-state index contributed by atoms with van der Waals surface area (Å²) in [5, 5.41) is 10.6. The zero-order valence-corrected chi connectivity index (χ0v) is 8.88. The molecular formula is C9H13ClN2O2. The normalized spacial score (nSPS) is 11.6. The molecule has 4 nitrogen and oxygen atoms in total. The second kappa shape index (κ2) is 4.93. The van der Waals surface area contributed by atoms with Gasteiger partial charge in [0, 0.05) is 17.7 Å². The third kappa shape index (κ3) is 2.68. The maximum Gasteiger partial charge on any atom is 0.272 e. The lowest BCUT2D eigenvalue weighted by Gasteiger charge is -2.05. The third-order valence-electron chi connectivity index (χ3n) is 1.96. The molecule has 78 valence electrons. The monoisotopic (exact) mass is 216 g/mol. The van der Waals surface area contributed by atoms with Gasteiger partial charge in [0.25, 0.3) is 5.69 Å². The van der Waals surface area contributed by atoms with Crippen molar-refractivity contribution in [3.8, 4) is 0 Å². The Morgan fingerprint density at radius 3 is 2.50 bits per heavy atom. The van der Waals surface area contributed by atoms with E-state index in [-0.39, 0.29) is 29.1 Å². The van der Waals surface area contributed by atoms with Gasteiger partial charge in [0.1, 0.15) is 0 Å². The summed E-state index contributed by atoms with van der Waals surface area (Å²) >= 11 is 0. The number of hydrogen-bond donors (Lipinski definition) is 1. The van der Waals surface area contributed by atoms with Crippen LogP contribution in [0.15, 0.2) is 18.2 Å². The number of nitrogens with two attached hydrogens (primary N) is 1. The van der Waals surface area contributed by atoms with Crippen molar-refractivity contribution in [2.75, 3.05) is 0 Å². The van der Waals surface area contributed by atoms with E-state index in [1.54, 1.807) is 19.9 Å². The first-order chi connectivity index (χ1) is 6.02. The SMILES string of the molecule is Cc1ccc(C(C)N)cc1[N+](=O)[O-].Cl. The number of benzene rings is 1. The van der Waals surface area contributed by atoms with Gasteiger partial charge in [0.2, 0.25) is 0 Å². The van der Waals surface area contributed by atoms with E-state index in [2.05, 4.69) is 0 Å². The van der Waals surface area contributed by atoms with Gasteiger partial charge in [-0.25, -0.2) is 0 Å². The summed E-state index contributed by atoms with van der Waals surface area (Å²) in [5.74, 6) is 0. The molecule has 1 atom stereocenters. The van der Waals surface area contributed by atoms with Gasteiger partial charge in [0.15, 0.2) is 0 Å². The molecule has 0 aliphatic heterocycles. The van der Waals surface area contributed by atoms with Crippen molar-refractivity contribution >= 4 is 18.1 Å². The van der Waals surface area contributed by atoms with Gasteiger partial charge in [-0.05, 0) is 19.4 Å². The average Bonchev–Trinajstić information content (AvgIpc) is 2.04. The van der Waals surface area contributed by atoms with Crippen molar-refractivity contribution in [3.05, 3.63) is 39.4 Å². The van der Waals surface area contributed by atoms with Gasteiger partial charge in [-0.15, -0.1) is 12.4 Å². The molecule has 0 saturated carbocycles. The molecule has 1 aromatic carbocycles. The Hall–Kier alpha value is -1.13. The highest BCUT2D eigenvalue weighted by Crippen LogP contribution is 2.21. The van der Waals surface area contributed by atoms with Crippen LogP contribution >= 0.6 is 12.4 Å². The van der Waals surface area contributed by atoms with Crippen molar-refractivity contribution in [2.24, 2.45) is 5.73 Å². The summed E-state index contributed by atoms with van der Waals surface area (Å²) in [6.45, 7) is 3.51. The van der Waals surface area contributed by atoms with Gasteiger partial charge in [0.05, 0.1) is 4.92 Å². The topological polar surface area (TPSA) is 69.2 Å². The Labute approximate surface area is 88.7 Å². The molecule has 0 aliphatic rings. The Balaban J connectivity index is 0.00000169. The van der Waals surface area contributed by atoms with Crippen LogP contribution in [-0.4, -0.2) is 4.92 Å². The quantitative estimate of drug-likeness (QED) is 0.610. The predicted molar refractivity (Wildman–Crippen MR) is 57.7 cm³/mol. The number of hydrogen-bond acceptors (Lipinski definition) is 3. The molecule has 0 amide bonds. The number of nitrogens with zero attached hydrogens (tertiary/aromatic N) is 1. The van der Waals surface area contributed by atoms with Crippen LogP contribution < -0.4 is 5.73 Å². The minimum atomic E-state index is -0.388. The molecule has 1 rings (SSSR count). The Bertz CT molecular complexity index is 340. The van der Waals surface area contributed by atoms with Crippen molar-refractivity contribution in [3.63, 3.8) is 0 Å². The van der Waals surface area contributed by atoms with Crippen LogP contribution in [0.1, 0.15) is 24.1 Å². The van der Waals surface area contributed by atoms with Crippen LogP contribution in [-0.2, 0) is 0 Å². The van der Waals surface area contributed by atoms with Crippen molar-refractivity contribution in [1.82, 2.24) is 0 Å². The first-order valence-corrected chi connectivity index (χ1v) is 4.03. The fraction of sp³-hybridized carbons (Fsp3) is 0.333. The Morgan fingerprint density at radius 1 is 1.50 bits per heavy atom. The first kappa shape index (κ1) is 12.9. The molecule has 1 aromatic rings. The highest BCUT2D eigenvalue weighted by Gasteiger charge is 2.11. The second-order valence-corrected chi connectivity index (χ2v) is 3.09. The molecule has 0 bridgehead atoms. The third-order valence-corrected chi connectivity index (χ3v) is 1.96. The van der Waals surface area contributed by atoms with E-state index in [9.17, 15) is 10.1 Å². The van der Waals surface area contributed by atoms with E-state index in [4.69, 9.17) is 5.73 Å². The summed E-state index contributed by atoms with van der Waals surface area (Å²) in [5.41, 5.74) is 7.19. The molecule has 5 heteroatoms. The van der Waals surface area contributed by atoms with Crippen molar-refractivity contribution in [1.29, 1.82) is 0 Å². The summed E-state index contributed by atoms with van der Waals surface area (Å²) in [7, 11) is 0. The summed E-state index contributed by atoms with van der Waals surface area (Å²) in [4.78, 5) is 10.2. The largest absolute Gasteiger partial charge is 0.324 e.